The molecule has 2 rings (SSSR count). The molecule has 0 atom stereocenters. The molecule has 0 aromatic carbocycles. The van der Waals surface area contributed by atoms with Crippen molar-refractivity contribution in [1.82, 2.24) is 15.0 Å². The molecule has 82 valence electrons. The fourth-order valence-electron chi connectivity index (χ4n) is 1.37. The van der Waals surface area contributed by atoms with Gasteiger partial charge >= 0.3 is 0 Å². The van der Waals surface area contributed by atoms with Gasteiger partial charge in [0, 0.05) is 5.69 Å². The van der Waals surface area contributed by atoms with Crippen molar-refractivity contribution >= 4 is 15.9 Å². The lowest BCUT2D eigenvalue weighted by Crippen LogP contribution is -2.12. The van der Waals surface area contributed by atoms with Gasteiger partial charge in [0.1, 0.15) is 10.2 Å². The molecule has 2 aromatic heterocycles. The molecule has 0 spiro atoms. The molecule has 0 aliphatic carbocycles. The van der Waals surface area contributed by atoms with Crippen molar-refractivity contribution < 1.29 is 0 Å². The van der Waals surface area contributed by atoms with Crippen LogP contribution in [0.2, 0.25) is 0 Å². The van der Waals surface area contributed by atoms with Gasteiger partial charge in [-0.2, -0.15) is 0 Å². The van der Waals surface area contributed by atoms with Crippen LogP contribution < -0.4 is 5.56 Å². The Bertz CT molecular complexity index is 592. The molecule has 0 aliphatic heterocycles. The molecule has 0 saturated heterocycles. The molecule has 0 unspecified atom stereocenters. The van der Waals surface area contributed by atoms with E-state index in [1.165, 1.54) is 0 Å². The number of aromatic amines is 1. The van der Waals surface area contributed by atoms with Gasteiger partial charge in [-0.3, -0.25) is 4.79 Å². The third-order valence-electron chi connectivity index (χ3n) is 2.16. The highest BCUT2D eigenvalue weighted by molar-refractivity contribution is 9.10. The Hall–Kier alpha value is -1.49. The SMILES string of the molecule is Cc1cccc(-c2nc(C)c(Br)c(=O)[nH]2)n1. The maximum atomic E-state index is 11.5. The summed E-state index contributed by atoms with van der Waals surface area (Å²) in [4.78, 5) is 22.8. The summed E-state index contributed by atoms with van der Waals surface area (Å²) < 4.78 is 0.462. The molecule has 5 heteroatoms. The van der Waals surface area contributed by atoms with E-state index in [-0.39, 0.29) is 5.56 Å². The average molecular weight is 280 g/mol. The van der Waals surface area contributed by atoms with Gasteiger partial charge in [-0.05, 0) is 41.9 Å². The number of hydrogen-bond donors (Lipinski definition) is 1. The van der Waals surface area contributed by atoms with Crippen LogP contribution in [0.1, 0.15) is 11.4 Å². The van der Waals surface area contributed by atoms with E-state index in [4.69, 9.17) is 0 Å². The Morgan fingerprint density at radius 1 is 1.25 bits per heavy atom. The molecule has 0 bridgehead atoms. The lowest BCUT2D eigenvalue weighted by atomic mass is 10.3. The second-order valence-corrected chi connectivity index (χ2v) is 4.27. The van der Waals surface area contributed by atoms with Crippen LogP contribution in [0.25, 0.3) is 11.5 Å². The Morgan fingerprint density at radius 2 is 2.00 bits per heavy atom. The molecule has 1 N–H and O–H groups in total. The fourth-order valence-corrected chi connectivity index (χ4v) is 1.56. The van der Waals surface area contributed by atoms with E-state index < -0.39 is 0 Å². The van der Waals surface area contributed by atoms with Crippen molar-refractivity contribution in [2.24, 2.45) is 0 Å². The molecule has 16 heavy (non-hydrogen) atoms. The Labute approximate surface area is 101 Å². The topological polar surface area (TPSA) is 58.6 Å². The van der Waals surface area contributed by atoms with E-state index in [0.717, 1.165) is 5.69 Å². The quantitative estimate of drug-likeness (QED) is 0.871. The second kappa shape index (κ2) is 4.17. The van der Waals surface area contributed by atoms with E-state index in [1.807, 2.05) is 25.1 Å². The van der Waals surface area contributed by atoms with E-state index >= 15 is 0 Å². The molecule has 0 amide bonds. The minimum absolute atomic E-state index is 0.189. The minimum atomic E-state index is -0.189. The van der Waals surface area contributed by atoms with Gasteiger partial charge < -0.3 is 4.98 Å². The molecule has 4 nitrogen and oxygen atoms in total. The molecule has 2 aromatic rings. The highest BCUT2D eigenvalue weighted by Crippen LogP contribution is 2.14. The first kappa shape index (κ1) is 11.0. The van der Waals surface area contributed by atoms with Crippen LogP contribution in [0.3, 0.4) is 0 Å². The van der Waals surface area contributed by atoms with Crippen molar-refractivity contribution in [2.75, 3.05) is 0 Å². The summed E-state index contributed by atoms with van der Waals surface area (Å²) in [5, 5.41) is 0. The summed E-state index contributed by atoms with van der Waals surface area (Å²) in [6.07, 6.45) is 0. The first-order valence-corrected chi connectivity index (χ1v) is 5.57. The summed E-state index contributed by atoms with van der Waals surface area (Å²) in [6.45, 7) is 3.67. The van der Waals surface area contributed by atoms with Gasteiger partial charge in [0.2, 0.25) is 0 Å². The van der Waals surface area contributed by atoms with Crippen LogP contribution in [-0.4, -0.2) is 15.0 Å². The van der Waals surface area contributed by atoms with Gasteiger partial charge in [0.25, 0.3) is 5.56 Å². The monoisotopic (exact) mass is 279 g/mol. The van der Waals surface area contributed by atoms with Crippen LogP contribution >= 0.6 is 15.9 Å². The number of rotatable bonds is 1. The molecular weight excluding hydrogens is 270 g/mol. The highest BCUT2D eigenvalue weighted by atomic mass is 79.9. The summed E-state index contributed by atoms with van der Waals surface area (Å²) in [5.41, 5.74) is 2.03. The van der Waals surface area contributed by atoms with E-state index in [2.05, 4.69) is 30.9 Å². The third kappa shape index (κ3) is 2.04. The number of aryl methyl sites for hydroxylation is 2. The van der Waals surface area contributed by atoms with Crippen molar-refractivity contribution in [3.63, 3.8) is 0 Å². The first-order valence-electron chi connectivity index (χ1n) is 4.78. The van der Waals surface area contributed by atoms with Crippen molar-refractivity contribution in [3.05, 3.63) is 44.4 Å². The van der Waals surface area contributed by atoms with Crippen LogP contribution in [-0.2, 0) is 0 Å². The van der Waals surface area contributed by atoms with Gasteiger partial charge in [-0.15, -0.1) is 0 Å². The van der Waals surface area contributed by atoms with Crippen LogP contribution in [0.15, 0.2) is 27.5 Å². The maximum absolute atomic E-state index is 11.5. The van der Waals surface area contributed by atoms with Crippen molar-refractivity contribution in [3.8, 4) is 11.5 Å². The fraction of sp³-hybridized carbons (Fsp3) is 0.182. The largest absolute Gasteiger partial charge is 0.304 e. The molecule has 0 radical (unpaired) electrons. The Kier molecular flexibility index (Phi) is 2.87. The zero-order chi connectivity index (χ0) is 11.7. The van der Waals surface area contributed by atoms with Crippen LogP contribution in [0.4, 0.5) is 0 Å². The smallest absolute Gasteiger partial charge is 0.265 e. The van der Waals surface area contributed by atoms with E-state index in [1.54, 1.807) is 6.92 Å². The average Bonchev–Trinajstić information content (AvgIpc) is 2.25. The van der Waals surface area contributed by atoms with E-state index in [9.17, 15) is 4.79 Å². The number of nitrogens with one attached hydrogen (secondary N) is 1. The number of H-pyrrole nitrogens is 1. The standard InChI is InChI=1S/C11H10BrN3O/c1-6-4-3-5-8(13-6)10-14-7(2)9(12)11(16)15-10/h3-5H,1-2H3,(H,14,15,16). The number of aromatic nitrogens is 3. The predicted molar refractivity (Wildman–Crippen MR) is 65.3 cm³/mol. The zero-order valence-electron chi connectivity index (χ0n) is 8.91. The molecule has 2 heterocycles. The molecule has 0 aliphatic rings. The molecular formula is C11H10BrN3O. The van der Waals surface area contributed by atoms with Crippen LogP contribution in [0.5, 0.6) is 0 Å². The summed E-state index contributed by atoms with van der Waals surface area (Å²) in [6, 6.07) is 5.60. The Balaban J connectivity index is 2.61. The number of hydrogen-bond acceptors (Lipinski definition) is 3. The van der Waals surface area contributed by atoms with Crippen molar-refractivity contribution in [2.45, 2.75) is 13.8 Å². The molecule has 0 saturated carbocycles. The lowest BCUT2D eigenvalue weighted by Gasteiger charge is -2.03. The predicted octanol–water partition coefficient (Wildman–Crippen LogP) is 2.21. The van der Waals surface area contributed by atoms with Crippen LogP contribution in [0, 0.1) is 13.8 Å². The Morgan fingerprint density at radius 3 is 2.62 bits per heavy atom. The maximum Gasteiger partial charge on any atom is 0.265 e. The summed E-state index contributed by atoms with van der Waals surface area (Å²) in [5.74, 6) is 0.495. The summed E-state index contributed by atoms with van der Waals surface area (Å²) >= 11 is 3.17. The molecule has 0 fully saturated rings. The first-order chi connectivity index (χ1) is 7.58. The number of halogens is 1. The van der Waals surface area contributed by atoms with Gasteiger partial charge in [-0.25, -0.2) is 9.97 Å². The lowest BCUT2D eigenvalue weighted by molar-refractivity contribution is 1.03. The van der Waals surface area contributed by atoms with Gasteiger partial charge in [0.05, 0.1) is 5.69 Å². The van der Waals surface area contributed by atoms with Crippen molar-refractivity contribution in [1.29, 1.82) is 0 Å². The minimum Gasteiger partial charge on any atom is -0.304 e. The number of nitrogens with zero attached hydrogens (tertiary/aromatic N) is 2. The van der Waals surface area contributed by atoms with E-state index in [0.29, 0.717) is 21.7 Å². The third-order valence-corrected chi connectivity index (χ3v) is 3.09. The number of pyridine rings is 1. The second-order valence-electron chi connectivity index (χ2n) is 3.48. The summed E-state index contributed by atoms with van der Waals surface area (Å²) in [7, 11) is 0. The zero-order valence-corrected chi connectivity index (χ0v) is 10.5. The van der Waals surface area contributed by atoms with Gasteiger partial charge in [0.15, 0.2) is 5.82 Å². The highest BCUT2D eigenvalue weighted by Gasteiger charge is 2.07. The van der Waals surface area contributed by atoms with Gasteiger partial charge in [-0.1, -0.05) is 6.07 Å². The normalized spacial score (nSPS) is 10.4.